The topological polar surface area (TPSA) is 46.5 Å². The first-order valence-electron chi connectivity index (χ1n) is 13.3. The highest BCUT2D eigenvalue weighted by Crippen LogP contribution is 2.68. The molecule has 0 radical (unpaired) electrons. The van der Waals surface area contributed by atoms with Crippen LogP contribution in [0.4, 0.5) is 4.79 Å². The second kappa shape index (κ2) is 9.10. The minimum atomic E-state index is -1.22. The first kappa shape index (κ1) is 23.2. The van der Waals surface area contributed by atoms with Crippen molar-refractivity contribution in [1.29, 1.82) is 0 Å². The highest BCUT2D eigenvalue weighted by molar-refractivity contribution is 5.57. The van der Waals surface area contributed by atoms with E-state index in [0.29, 0.717) is 10.8 Å². The first-order valence-corrected chi connectivity index (χ1v) is 13.3. The molecule has 4 rings (SSSR count). The summed E-state index contributed by atoms with van der Waals surface area (Å²) in [5.41, 5.74) is 2.23. The molecular weight excluding hydrogens is 384 g/mol. The molecule has 0 aliphatic heterocycles. The Morgan fingerprint density at radius 1 is 1.03 bits per heavy atom. The lowest BCUT2D eigenvalue weighted by molar-refractivity contribution is -0.114. The third-order valence-electron chi connectivity index (χ3n) is 10.9. The maximum Gasteiger partial charge on any atom is 0.510 e. The van der Waals surface area contributed by atoms with Gasteiger partial charge in [-0.3, -0.25) is 0 Å². The maximum atomic E-state index is 10.6. The Bertz CT molecular complexity index is 684. The number of rotatable bonds is 6. The Kier molecular flexibility index (Phi) is 6.80. The van der Waals surface area contributed by atoms with Crippen molar-refractivity contribution in [2.45, 2.75) is 111 Å². The summed E-state index contributed by atoms with van der Waals surface area (Å²) < 4.78 is 4.60. The Morgan fingerprint density at radius 3 is 2.58 bits per heavy atom. The zero-order valence-corrected chi connectivity index (χ0v) is 20.5. The van der Waals surface area contributed by atoms with Gasteiger partial charge in [0, 0.05) is 0 Å². The Morgan fingerprint density at radius 2 is 1.81 bits per heavy atom. The molecule has 0 heterocycles. The van der Waals surface area contributed by atoms with E-state index in [1.54, 1.807) is 0 Å². The van der Waals surface area contributed by atoms with Gasteiger partial charge in [-0.2, -0.15) is 0 Å². The number of fused-ring (bicyclic) bond motifs is 5. The summed E-state index contributed by atoms with van der Waals surface area (Å²) in [6, 6.07) is 0. The van der Waals surface area contributed by atoms with E-state index in [2.05, 4.69) is 25.5 Å². The van der Waals surface area contributed by atoms with E-state index in [-0.39, 0.29) is 0 Å². The number of ether oxygens (including phenoxy) is 1. The molecule has 0 amide bonds. The van der Waals surface area contributed by atoms with Gasteiger partial charge in [0.05, 0.1) is 6.26 Å². The number of allylic oxidation sites excluding steroid dienone is 1. The molecule has 0 spiro atoms. The monoisotopic (exact) mass is 430 g/mol. The number of hydrogen-bond acceptors (Lipinski definition) is 2. The van der Waals surface area contributed by atoms with Crippen LogP contribution in [-0.2, 0) is 4.74 Å². The van der Waals surface area contributed by atoms with E-state index >= 15 is 0 Å². The predicted molar refractivity (Wildman–Crippen MR) is 126 cm³/mol. The normalized spacial score (nSPS) is 43.5. The average molecular weight is 431 g/mol. The second-order valence-electron chi connectivity index (χ2n) is 12.3. The molecule has 1 unspecified atom stereocenters. The Labute approximate surface area is 190 Å². The van der Waals surface area contributed by atoms with Crippen molar-refractivity contribution in [3.05, 3.63) is 11.8 Å². The lowest BCUT2D eigenvalue weighted by Gasteiger charge is -2.61. The summed E-state index contributed by atoms with van der Waals surface area (Å²) in [7, 11) is 0. The standard InChI is InChI=1S/C28H46O3/c1-19(18-31-26(29)30)8-7-9-20(2)23-13-14-24-22-12-11-21-10-5-6-16-27(21,3)25(22)15-17-28(23,24)4/h18,20-25H,5-17H2,1-4H3,(H,29,30)/t20-,21?,22+,23-,24+,25+,27+,28-/m1/s1. The van der Waals surface area contributed by atoms with Gasteiger partial charge >= 0.3 is 6.16 Å². The maximum absolute atomic E-state index is 10.6. The van der Waals surface area contributed by atoms with Crippen LogP contribution in [0.5, 0.6) is 0 Å². The zero-order chi connectivity index (χ0) is 22.2. The van der Waals surface area contributed by atoms with Gasteiger partial charge in [-0.25, -0.2) is 4.79 Å². The van der Waals surface area contributed by atoms with Crippen LogP contribution in [0.25, 0.3) is 0 Å². The lowest BCUT2D eigenvalue weighted by atomic mass is 9.44. The molecule has 4 aliphatic carbocycles. The van der Waals surface area contributed by atoms with E-state index in [0.717, 1.165) is 53.9 Å². The van der Waals surface area contributed by atoms with Crippen LogP contribution >= 0.6 is 0 Å². The fraction of sp³-hybridized carbons (Fsp3) is 0.893. The van der Waals surface area contributed by atoms with Gasteiger partial charge in [0.25, 0.3) is 0 Å². The molecule has 4 fully saturated rings. The van der Waals surface area contributed by atoms with Crippen molar-refractivity contribution in [2.75, 3.05) is 0 Å². The van der Waals surface area contributed by atoms with Crippen LogP contribution in [0.15, 0.2) is 11.8 Å². The van der Waals surface area contributed by atoms with Crippen molar-refractivity contribution in [1.82, 2.24) is 0 Å². The van der Waals surface area contributed by atoms with Crippen LogP contribution in [0.1, 0.15) is 111 Å². The molecular formula is C28H46O3. The zero-order valence-electron chi connectivity index (χ0n) is 20.5. The fourth-order valence-corrected chi connectivity index (χ4v) is 9.38. The van der Waals surface area contributed by atoms with Gasteiger partial charge in [0.1, 0.15) is 0 Å². The summed E-state index contributed by atoms with van der Waals surface area (Å²) in [5, 5.41) is 8.65. The van der Waals surface area contributed by atoms with E-state index in [4.69, 9.17) is 5.11 Å². The van der Waals surface area contributed by atoms with Crippen LogP contribution in [0.2, 0.25) is 0 Å². The number of carboxylic acid groups (broad SMARTS) is 1. The van der Waals surface area contributed by atoms with Gasteiger partial charge in [0.15, 0.2) is 0 Å². The third kappa shape index (κ3) is 4.32. The number of hydrogen-bond donors (Lipinski definition) is 1. The van der Waals surface area contributed by atoms with Crippen LogP contribution in [-0.4, -0.2) is 11.3 Å². The minimum absolute atomic E-state index is 0.551. The van der Waals surface area contributed by atoms with Gasteiger partial charge in [-0.05, 0) is 123 Å². The average Bonchev–Trinajstić information content (AvgIpc) is 3.09. The molecule has 8 atom stereocenters. The summed E-state index contributed by atoms with van der Waals surface area (Å²) >= 11 is 0. The Balaban J connectivity index is 1.37. The second-order valence-corrected chi connectivity index (χ2v) is 12.3. The third-order valence-corrected chi connectivity index (χ3v) is 10.9. The van der Waals surface area contributed by atoms with Crippen molar-refractivity contribution in [2.24, 2.45) is 46.3 Å². The van der Waals surface area contributed by atoms with E-state index < -0.39 is 6.16 Å². The summed E-state index contributed by atoms with van der Waals surface area (Å²) in [6.45, 7) is 9.83. The van der Waals surface area contributed by atoms with Crippen LogP contribution in [0.3, 0.4) is 0 Å². The van der Waals surface area contributed by atoms with E-state index in [1.165, 1.54) is 76.9 Å². The largest absolute Gasteiger partial charge is 0.510 e. The summed E-state index contributed by atoms with van der Waals surface area (Å²) in [4.78, 5) is 10.6. The van der Waals surface area contributed by atoms with Gasteiger partial charge in [0.2, 0.25) is 0 Å². The van der Waals surface area contributed by atoms with Gasteiger partial charge in [-0.1, -0.05) is 40.0 Å². The summed E-state index contributed by atoms with van der Waals surface area (Å²) in [6.07, 6.45) is 18.3. The van der Waals surface area contributed by atoms with E-state index in [1.807, 2.05) is 6.92 Å². The molecule has 3 nitrogen and oxygen atoms in total. The van der Waals surface area contributed by atoms with Crippen LogP contribution < -0.4 is 0 Å². The lowest BCUT2D eigenvalue weighted by Crippen LogP contribution is -2.53. The molecule has 0 aromatic rings. The molecule has 0 bridgehead atoms. The first-order chi connectivity index (χ1) is 14.8. The molecule has 0 aromatic carbocycles. The van der Waals surface area contributed by atoms with Crippen molar-refractivity contribution in [3.63, 3.8) is 0 Å². The summed E-state index contributed by atoms with van der Waals surface area (Å²) in [5.74, 6) is 5.61. The quantitative estimate of drug-likeness (QED) is 0.339. The van der Waals surface area contributed by atoms with Crippen molar-refractivity contribution >= 4 is 6.16 Å². The molecule has 0 aromatic heterocycles. The van der Waals surface area contributed by atoms with Gasteiger partial charge < -0.3 is 9.84 Å². The highest BCUT2D eigenvalue weighted by atomic mass is 16.7. The fourth-order valence-electron chi connectivity index (χ4n) is 9.38. The predicted octanol–water partition coefficient (Wildman–Crippen LogP) is 8.44. The SMILES string of the molecule is CC(=COC(=O)O)CCC[C@@H](C)[C@H]1CC[C@H]2[C@@H]3CCC4CCCC[C@]4(C)[C@H]3CC[C@]12C. The van der Waals surface area contributed by atoms with E-state index in [9.17, 15) is 4.79 Å². The highest BCUT2D eigenvalue weighted by Gasteiger charge is 2.59. The molecule has 4 aliphatic rings. The molecule has 176 valence electrons. The Hall–Kier alpha value is -0.990. The van der Waals surface area contributed by atoms with Crippen LogP contribution in [0, 0.1) is 46.3 Å². The molecule has 3 heteroatoms. The smallest absolute Gasteiger partial charge is 0.449 e. The van der Waals surface area contributed by atoms with Crippen molar-refractivity contribution < 1.29 is 14.6 Å². The minimum Gasteiger partial charge on any atom is -0.449 e. The molecule has 4 saturated carbocycles. The molecule has 0 saturated heterocycles. The molecule has 31 heavy (non-hydrogen) atoms. The molecule has 1 N–H and O–H groups in total. The number of carbonyl (C=O) groups is 1. The van der Waals surface area contributed by atoms with Crippen molar-refractivity contribution in [3.8, 4) is 0 Å². The van der Waals surface area contributed by atoms with Gasteiger partial charge in [-0.15, -0.1) is 0 Å².